The van der Waals surface area contributed by atoms with Gasteiger partial charge in [0, 0.05) is 0 Å². The zero-order valence-corrected chi connectivity index (χ0v) is 12.5. The van der Waals surface area contributed by atoms with Crippen LogP contribution in [0.1, 0.15) is 15.9 Å². The topological polar surface area (TPSA) is 75.1 Å². The molecule has 0 radical (unpaired) electrons. The van der Waals surface area contributed by atoms with Crippen LogP contribution in [0.3, 0.4) is 0 Å². The lowest BCUT2D eigenvalue weighted by molar-refractivity contribution is 0.0697. The summed E-state index contributed by atoms with van der Waals surface area (Å²) in [4.78, 5) is 19.6. The Morgan fingerprint density at radius 2 is 2.10 bits per heavy atom. The Kier molecular flexibility index (Phi) is 3.48. The first kappa shape index (κ1) is 13.8. The van der Waals surface area contributed by atoms with Crippen molar-refractivity contribution in [1.82, 2.24) is 9.97 Å². The average molecular weight is 320 g/mol. The van der Waals surface area contributed by atoms with Crippen molar-refractivity contribution < 1.29 is 9.90 Å². The fraction of sp³-hybridized carbons (Fsp3) is 0.0714. The first-order valence-corrected chi connectivity index (χ1v) is 7.26. The number of fused-ring (bicyclic) bond motifs is 1. The Hall–Kier alpha value is -2.18. The fourth-order valence-corrected chi connectivity index (χ4v) is 3.00. The van der Waals surface area contributed by atoms with Gasteiger partial charge >= 0.3 is 5.97 Å². The standard InChI is InChI=1S/C14H10ClN3O2S/c1-7-2-4-9-10(6-7)21-14(16-9)18-12-8(13(19)20)3-5-11(15)17-12/h2-6H,1H3,(H,19,20)(H,16,17,18). The van der Waals surface area contributed by atoms with Gasteiger partial charge in [-0.2, -0.15) is 0 Å². The number of nitrogens with zero attached hydrogens (tertiary/aromatic N) is 2. The van der Waals surface area contributed by atoms with Crippen molar-refractivity contribution >= 4 is 50.1 Å². The minimum atomic E-state index is -1.07. The number of hydrogen-bond donors (Lipinski definition) is 2. The summed E-state index contributed by atoms with van der Waals surface area (Å²) in [6.07, 6.45) is 0. The molecule has 0 amide bonds. The van der Waals surface area contributed by atoms with E-state index in [1.165, 1.54) is 23.5 Å². The monoisotopic (exact) mass is 319 g/mol. The summed E-state index contributed by atoms with van der Waals surface area (Å²) < 4.78 is 1.02. The molecular weight excluding hydrogens is 310 g/mol. The minimum Gasteiger partial charge on any atom is -0.478 e. The molecule has 2 heterocycles. The number of carboxylic acids is 1. The molecular formula is C14H10ClN3O2S. The molecule has 0 aliphatic carbocycles. The number of aromatic nitrogens is 2. The van der Waals surface area contributed by atoms with Crippen LogP contribution in [0, 0.1) is 6.92 Å². The SMILES string of the molecule is Cc1ccc2nc(Nc3nc(Cl)ccc3C(=O)O)sc2c1. The van der Waals surface area contributed by atoms with E-state index in [4.69, 9.17) is 11.6 Å². The summed E-state index contributed by atoms with van der Waals surface area (Å²) in [5, 5.41) is 12.9. The van der Waals surface area contributed by atoms with Gasteiger partial charge in [-0.3, -0.25) is 0 Å². The zero-order chi connectivity index (χ0) is 15.0. The van der Waals surface area contributed by atoms with Gasteiger partial charge in [-0.05, 0) is 36.8 Å². The largest absolute Gasteiger partial charge is 0.478 e. The predicted molar refractivity (Wildman–Crippen MR) is 83.8 cm³/mol. The van der Waals surface area contributed by atoms with Crippen LogP contribution in [0.15, 0.2) is 30.3 Å². The van der Waals surface area contributed by atoms with Gasteiger partial charge in [-0.1, -0.05) is 29.0 Å². The highest BCUT2D eigenvalue weighted by Crippen LogP contribution is 2.29. The maximum absolute atomic E-state index is 11.2. The number of rotatable bonds is 3. The second-order valence-corrected chi connectivity index (χ2v) is 5.87. The number of pyridine rings is 1. The van der Waals surface area contributed by atoms with Gasteiger partial charge in [0.25, 0.3) is 0 Å². The predicted octanol–water partition coefficient (Wildman–Crippen LogP) is 4.09. The summed E-state index contributed by atoms with van der Waals surface area (Å²) in [7, 11) is 0. The molecule has 0 aliphatic rings. The highest BCUT2D eigenvalue weighted by molar-refractivity contribution is 7.22. The minimum absolute atomic E-state index is 0.0508. The summed E-state index contributed by atoms with van der Waals surface area (Å²) in [5.74, 6) is -0.885. The third-order valence-corrected chi connectivity index (χ3v) is 4.01. The quantitative estimate of drug-likeness (QED) is 0.711. The van der Waals surface area contributed by atoms with Crippen LogP contribution in [-0.2, 0) is 0 Å². The van der Waals surface area contributed by atoms with Crippen LogP contribution in [0.25, 0.3) is 10.2 Å². The Morgan fingerprint density at radius 3 is 2.86 bits per heavy atom. The van der Waals surface area contributed by atoms with Crippen molar-refractivity contribution in [2.75, 3.05) is 5.32 Å². The molecule has 0 fully saturated rings. The van der Waals surface area contributed by atoms with Crippen LogP contribution in [0.5, 0.6) is 0 Å². The molecule has 21 heavy (non-hydrogen) atoms. The maximum Gasteiger partial charge on any atom is 0.339 e. The number of anilines is 2. The van der Waals surface area contributed by atoms with E-state index >= 15 is 0 Å². The number of hydrogen-bond acceptors (Lipinski definition) is 5. The van der Waals surface area contributed by atoms with Crippen molar-refractivity contribution in [3.05, 3.63) is 46.6 Å². The van der Waals surface area contributed by atoms with E-state index in [-0.39, 0.29) is 16.5 Å². The molecule has 0 bridgehead atoms. The summed E-state index contributed by atoms with van der Waals surface area (Å²) in [6.45, 7) is 2.01. The normalized spacial score (nSPS) is 10.8. The van der Waals surface area contributed by atoms with Gasteiger partial charge in [-0.25, -0.2) is 14.8 Å². The molecule has 106 valence electrons. The summed E-state index contributed by atoms with van der Waals surface area (Å²) in [6, 6.07) is 8.79. The fourth-order valence-electron chi connectivity index (χ4n) is 1.89. The third kappa shape index (κ3) is 2.81. The smallest absolute Gasteiger partial charge is 0.339 e. The molecule has 7 heteroatoms. The van der Waals surface area contributed by atoms with Crippen molar-refractivity contribution in [2.24, 2.45) is 0 Å². The molecule has 0 saturated heterocycles. The number of thiazole rings is 1. The molecule has 0 atom stereocenters. The lowest BCUT2D eigenvalue weighted by atomic mass is 10.2. The van der Waals surface area contributed by atoms with Crippen molar-refractivity contribution in [3.8, 4) is 0 Å². The van der Waals surface area contributed by atoms with E-state index in [0.29, 0.717) is 5.13 Å². The number of nitrogens with one attached hydrogen (secondary N) is 1. The lowest BCUT2D eigenvalue weighted by Gasteiger charge is -2.05. The molecule has 1 aromatic carbocycles. The molecule has 2 aromatic heterocycles. The Bertz CT molecular complexity index is 847. The molecule has 5 nitrogen and oxygen atoms in total. The number of aryl methyl sites for hydroxylation is 1. The van der Waals surface area contributed by atoms with Gasteiger partial charge in [-0.15, -0.1) is 0 Å². The molecule has 0 spiro atoms. The average Bonchev–Trinajstić information content (AvgIpc) is 2.79. The van der Waals surface area contributed by atoms with E-state index in [0.717, 1.165) is 15.8 Å². The second kappa shape index (κ2) is 5.31. The molecule has 3 rings (SSSR count). The third-order valence-electron chi connectivity index (χ3n) is 2.86. The molecule has 0 aliphatic heterocycles. The Balaban J connectivity index is 2.02. The van der Waals surface area contributed by atoms with Crippen molar-refractivity contribution in [2.45, 2.75) is 6.92 Å². The zero-order valence-electron chi connectivity index (χ0n) is 10.9. The first-order valence-electron chi connectivity index (χ1n) is 6.07. The molecule has 2 N–H and O–H groups in total. The number of aromatic carboxylic acids is 1. The van der Waals surface area contributed by atoms with Gasteiger partial charge in [0.05, 0.1) is 10.2 Å². The maximum atomic E-state index is 11.2. The summed E-state index contributed by atoms with van der Waals surface area (Å²) in [5.41, 5.74) is 2.05. The van der Waals surface area contributed by atoms with Crippen LogP contribution >= 0.6 is 22.9 Å². The van der Waals surface area contributed by atoms with Crippen LogP contribution in [-0.4, -0.2) is 21.0 Å². The molecule has 0 saturated carbocycles. The van der Waals surface area contributed by atoms with Gasteiger partial charge in [0.2, 0.25) is 0 Å². The van der Waals surface area contributed by atoms with Crippen molar-refractivity contribution in [1.29, 1.82) is 0 Å². The second-order valence-electron chi connectivity index (χ2n) is 4.45. The van der Waals surface area contributed by atoms with Crippen LogP contribution in [0.4, 0.5) is 10.9 Å². The first-order chi connectivity index (χ1) is 10.0. The number of halogens is 1. The van der Waals surface area contributed by atoms with Gasteiger partial charge in [0.15, 0.2) is 5.13 Å². The van der Waals surface area contributed by atoms with Crippen molar-refractivity contribution in [3.63, 3.8) is 0 Å². The highest BCUT2D eigenvalue weighted by atomic mass is 35.5. The lowest BCUT2D eigenvalue weighted by Crippen LogP contribution is -2.04. The van der Waals surface area contributed by atoms with E-state index < -0.39 is 5.97 Å². The van der Waals surface area contributed by atoms with E-state index in [1.807, 2.05) is 25.1 Å². The highest BCUT2D eigenvalue weighted by Gasteiger charge is 2.14. The van der Waals surface area contributed by atoms with Gasteiger partial charge < -0.3 is 10.4 Å². The number of benzene rings is 1. The molecule has 3 aromatic rings. The number of carboxylic acid groups (broad SMARTS) is 1. The Labute approximate surface area is 129 Å². The van der Waals surface area contributed by atoms with Crippen LogP contribution < -0.4 is 5.32 Å². The molecule has 0 unspecified atom stereocenters. The Morgan fingerprint density at radius 1 is 1.29 bits per heavy atom. The van der Waals surface area contributed by atoms with E-state index in [1.54, 1.807) is 0 Å². The van der Waals surface area contributed by atoms with E-state index in [9.17, 15) is 9.90 Å². The number of carbonyl (C=O) groups is 1. The van der Waals surface area contributed by atoms with E-state index in [2.05, 4.69) is 15.3 Å². The van der Waals surface area contributed by atoms with Gasteiger partial charge in [0.1, 0.15) is 16.5 Å². The van der Waals surface area contributed by atoms with Crippen LogP contribution in [0.2, 0.25) is 5.15 Å². The summed E-state index contributed by atoms with van der Waals surface area (Å²) >= 11 is 7.26.